The van der Waals surface area contributed by atoms with Crippen molar-refractivity contribution in [2.75, 3.05) is 0 Å². The Kier molecular flexibility index (Phi) is 4.55. The predicted molar refractivity (Wildman–Crippen MR) is 78.8 cm³/mol. The summed E-state index contributed by atoms with van der Waals surface area (Å²) >= 11 is -2.17. The van der Waals surface area contributed by atoms with Crippen molar-refractivity contribution in [3.8, 4) is 11.5 Å². The third-order valence-electron chi connectivity index (χ3n) is 2.80. The highest BCUT2D eigenvalue weighted by Gasteiger charge is 2.18. The van der Waals surface area contributed by atoms with Crippen LogP contribution in [0.5, 0.6) is 11.5 Å². The first-order chi connectivity index (χ1) is 9.58. The second kappa shape index (κ2) is 6.36. The lowest BCUT2D eigenvalue weighted by molar-refractivity contribution is 0.445. The molecule has 0 saturated heterocycles. The third kappa shape index (κ3) is 3.46. The van der Waals surface area contributed by atoms with Crippen molar-refractivity contribution < 1.29 is 19.0 Å². The molecule has 5 heteroatoms. The molecular weight excluding hydrogens is 276 g/mol. The first kappa shape index (κ1) is 14.3. The van der Waals surface area contributed by atoms with Crippen molar-refractivity contribution in [3.63, 3.8) is 0 Å². The first-order valence-electron chi connectivity index (χ1n) is 5.92. The van der Waals surface area contributed by atoms with E-state index in [9.17, 15) is 19.0 Å². The van der Waals surface area contributed by atoms with Gasteiger partial charge in [0.05, 0.1) is 0 Å². The molecule has 0 radical (unpaired) electrons. The van der Waals surface area contributed by atoms with Crippen LogP contribution in [0, 0.1) is 0 Å². The number of hydrogen-bond acceptors (Lipinski definition) is 3. The summed E-state index contributed by atoms with van der Waals surface area (Å²) < 4.78 is 20.8. The zero-order valence-corrected chi connectivity index (χ0v) is 11.3. The fraction of sp³-hybridized carbons (Fsp3) is 0.0667. The molecule has 2 aromatic rings. The molecule has 0 saturated carbocycles. The number of rotatable bonds is 4. The number of phenols is 2. The fourth-order valence-corrected chi connectivity index (χ4v) is 2.44. The molecule has 0 heterocycles. The SMILES string of the molecule is O=S(O)C(C=Cc1ccccc1)c1ccc(O)cc1O. The van der Waals surface area contributed by atoms with E-state index >= 15 is 0 Å². The third-order valence-corrected chi connectivity index (χ3v) is 3.65. The van der Waals surface area contributed by atoms with Gasteiger partial charge >= 0.3 is 0 Å². The minimum Gasteiger partial charge on any atom is -0.508 e. The first-order valence-corrected chi connectivity index (χ1v) is 7.09. The summed E-state index contributed by atoms with van der Waals surface area (Å²) in [5, 5.41) is 18.2. The van der Waals surface area contributed by atoms with Crippen LogP contribution in [-0.4, -0.2) is 19.0 Å². The van der Waals surface area contributed by atoms with Gasteiger partial charge in [-0.25, -0.2) is 4.21 Å². The average molecular weight is 290 g/mol. The van der Waals surface area contributed by atoms with E-state index < -0.39 is 16.3 Å². The zero-order valence-electron chi connectivity index (χ0n) is 10.5. The Morgan fingerprint density at radius 2 is 1.75 bits per heavy atom. The average Bonchev–Trinajstić information content (AvgIpc) is 2.42. The van der Waals surface area contributed by atoms with Crippen LogP contribution in [0.25, 0.3) is 6.08 Å². The molecule has 0 aliphatic heterocycles. The Morgan fingerprint density at radius 1 is 1.05 bits per heavy atom. The Bertz CT molecular complexity index is 638. The van der Waals surface area contributed by atoms with E-state index in [0.29, 0.717) is 0 Å². The molecule has 2 aromatic carbocycles. The molecule has 0 amide bonds. The van der Waals surface area contributed by atoms with Gasteiger partial charge in [-0.15, -0.1) is 0 Å². The number of benzene rings is 2. The number of phenolic OH excluding ortho intramolecular Hbond substituents is 2. The van der Waals surface area contributed by atoms with Crippen LogP contribution < -0.4 is 0 Å². The number of aromatic hydroxyl groups is 2. The van der Waals surface area contributed by atoms with E-state index in [1.54, 1.807) is 12.2 Å². The summed E-state index contributed by atoms with van der Waals surface area (Å²) in [6.45, 7) is 0. The van der Waals surface area contributed by atoms with Crippen molar-refractivity contribution in [1.82, 2.24) is 0 Å². The van der Waals surface area contributed by atoms with Crippen molar-refractivity contribution in [2.45, 2.75) is 5.25 Å². The second-order valence-electron chi connectivity index (χ2n) is 4.21. The normalized spacial score (nSPS) is 14.2. The Labute approximate surface area is 119 Å². The summed E-state index contributed by atoms with van der Waals surface area (Å²) in [5.41, 5.74) is 1.18. The van der Waals surface area contributed by atoms with Crippen LogP contribution in [0.2, 0.25) is 0 Å². The smallest absolute Gasteiger partial charge is 0.164 e. The molecule has 3 N–H and O–H groups in total. The van der Waals surface area contributed by atoms with E-state index in [4.69, 9.17) is 0 Å². The van der Waals surface area contributed by atoms with Crippen LogP contribution >= 0.6 is 0 Å². The van der Waals surface area contributed by atoms with Crippen molar-refractivity contribution in [1.29, 1.82) is 0 Å². The van der Waals surface area contributed by atoms with Gasteiger partial charge < -0.3 is 14.8 Å². The monoisotopic (exact) mass is 290 g/mol. The molecule has 0 bridgehead atoms. The summed E-state index contributed by atoms with van der Waals surface area (Å²) in [6, 6.07) is 13.3. The van der Waals surface area contributed by atoms with Crippen LogP contribution in [-0.2, 0) is 11.1 Å². The molecule has 4 nitrogen and oxygen atoms in total. The Morgan fingerprint density at radius 3 is 2.35 bits per heavy atom. The van der Waals surface area contributed by atoms with Crippen molar-refractivity contribution in [3.05, 3.63) is 65.7 Å². The molecule has 0 aliphatic rings. The summed E-state index contributed by atoms with van der Waals surface area (Å²) in [7, 11) is 0. The lowest BCUT2D eigenvalue weighted by atomic mass is 10.1. The Balaban J connectivity index is 2.32. The van der Waals surface area contributed by atoms with E-state index in [2.05, 4.69) is 0 Å². The minimum absolute atomic E-state index is 0.0965. The molecule has 2 unspecified atom stereocenters. The van der Waals surface area contributed by atoms with Gasteiger partial charge in [0.15, 0.2) is 11.1 Å². The van der Waals surface area contributed by atoms with Gasteiger partial charge in [0.2, 0.25) is 0 Å². The fourth-order valence-electron chi connectivity index (χ4n) is 1.81. The summed E-state index contributed by atoms with van der Waals surface area (Å²) in [6.07, 6.45) is 3.27. The van der Waals surface area contributed by atoms with Gasteiger partial charge in [0.25, 0.3) is 0 Å². The number of hydrogen-bond donors (Lipinski definition) is 3. The van der Waals surface area contributed by atoms with Crippen molar-refractivity contribution >= 4 is 17.2 Å². The molecule has 0 aromatic heterocycles. The maximum Gasteiger partial charge on any atom is 0.164 e. The van der Waals surface area contributed by atoms with Gasteiger partial charge in [-0.2, -0.15) is 0 Å². The molecule has 20 heavy (non-hydrogen) atoms. The highest BCUT2D eigenvalue weighted by atomic mass is 32.2. The molecule has 0 aliphatic carbocycles. The van der Waals surface area contributed by atoms with Gasteiger partial charge in [-0.1, -0.05) is 48.6 Å². The predicted octanol–water partition coefficient (Wildman–Crippen LogP) is 3.07. The highest BCUT2D eigenvalue weighted by Crippen LogP contribution is 2.32. The summed E-state index contributed by atoms with van der Waals surface area (Å²) in [4.78, 5) is 0. The van der Waals surface area contributed by atoms with Gasteiger partial charge in [0.1, 0.15) is 16.7 Å². The highest BCUT2D eigenvalue weighted by molar-refractivity contribution is 7.79. The van der Waals surface area contributed by atoms with E-state index in [1.807, 2.05) is 30.3 Å². The largest absolute Gasteiger partial charge is 0.508 e. The molecule has 104 valence electrons. The maximum atomic E-state index is 11.4. The van der Waals surface area contributed by atoms with Gasteiger partial charge in [0, 0.05) is 11.6 Å². The lowest BCUT2D eigenvalue weighted by Crippen LogP contribution is -2.02. The van der Waals surface area contributed by atoms with Crippen LogP contribution in [0.3, 0.4) is 0 Å². The molecule has 0 spiro atoms. The van der Waals surface area contributed by atoms with Gasteiger partial charge in [-0.3, -0.25) is 0 Å². The van der Waals surface area contributed by atoms with E-state index in [1.165, 1.54) is 12.1 Å². The lowest BCUT2D eigenvalue weighted by Gasteiger charge is -2.11. The minimum atomic E-state index is -2.17. The molecular formula is C15H14O4S. The Hall–Kier alpha value is -2.11. The van der Waals surface area contributed by atoms with Crippen LogP contribution in [0.15, 0.2) is 54.6 Å². The molecule has 0 fully saturated rings. The van der Waals surface area contributed by atoms with Crippen LogP contribution in [0.4, 0.5) is 0 Å². The second-order valence-corrected chi connectivity index (χ2v) is 5.27. The maximum absolute atomic E-state index is 11.4. The van der Waals surface area contributed by atoms with Crippen molar-refractivity contribution in [2.24, 2.45) is 0 Å². The van der Waals surface area contributed by atoms with Gasteiger partial charge in [-0.05, 0) is 11.6 Å². The quantitative estimate of drug-likeness (QED) is 0.756. The van der Waals surface area contributed by atoms with E-state index in [0.717, 1.165) is 11.6 Å². The van der Waals surface area contributed by atoms with E-state index in [-0.39, 0.29) is 17.1 Å². The molecule has 2 atom stereocenters. The molecule has 2 rings (SSSR count). The zero-order chi connectivity index (χ0) is 14.5. The standard InChI is InChI=1S/C15H14O4S/c16-12-7-8-13(14(17)10-12)15(20(18)19)9-6-11-4-2-1-3-5-11/h1-10,15-17H,(H,18,19). The van der Waals surface area contributed by atoms with Crippen LogP contribution in [0.1, 0.15) is 16.4 Å². The topological polar surface area (TPSA) is 77.8 Å². The summed E-state index contributed by atoms with van der Waals surface area (Å²) in [5.74, 6) is -0.309.